The number of aryl methyl sites for hydroxylation is 2. The van der Waals surface area contributed by atoms with Crippen LogP contribution in [-0.2, 0) is 11.2 Å². The van der Waals surface area contributed by atoms with E-state index in [0.717, 1.165) is 74.0 Å². The minimum absolute atomic E-state index is 0.155. The van der Waals surface area contributed by atoms with Gasteiger partial charge in [0, 0.05) is 45.0 Å². The van der Waals surface area contributed by atoms with E-state index in [-0.39, 0.29) is 6.04 Å². The molecule has 1 unspecified atom stereocenters. The van der Waals surface area contributed by atoms with Crippen LogP contribution in [0.5, 0.6) is 0 Å². The lowest BCUT2D eigenvalue weighted by Crippen LogP contribution is -2.46. The fraction of sp³-hybridized carbons (Fsp3) is 0.579. The van der Waals surface area contributed by atoms with Gasteiger partial charge in [-0.1, -0.05) is 0 Å². The lowest BCUT2D eigenvalue weighted by molar-refractivity contribution is 0.0124. The van der Waals surface area contributed by atoms with Crippen LogP contribution < -0.4 is 10.6 Å². The smallest absolute Gasteiger partial charge is 0.191 e. The molecule has 0 amide bonds. The number of hydrogen-bond donors (Lipinski definition) is 2. The first-order valence-electron chi connectivity index (χ1n) is 9.39. The average molecular weight is 392 g/mol. The molecule has 0 radical (unpaired) electrons. The molecule has 1 aliphatic rings. The number of rotatable bonds is 7. The topological polar surface area (TPSA) is 74.9 Å². The number of thiazole rings is 1. The number of furan rings is 1. The number of guanidine groups is 1. The maximum Gasteiger partial charge on any atom is 0.191 e. The molecule has 0 aliphatic carbocycles. The average Bonchev–Trinajstić information content (AvgIpc) is 3.29. The molecule has 1 atom stereocenters. The van der Waals surface area contributed by atoms with Crippen LogP contribution in [0.2, 0.25) is 0 Å². The molecule has 1 fully saturated rings. The van der Waals surface area contributed by atoms with Crippen molar-refractivity contribution in [1.82, 2.24) is 20.5 Å². The molecule has 2 aromatic rings. The van der Waals surface area contributed by atoms with E-state index in [1.54, 1.807) is 18.4 Å². The van der Waals surface area contributed by atoms with Crippen LogP contribution in [0.4, 0.5) is 0 Å². The summed E-state index contributed by atoms with van der Waals surface area (Å²) in [4.78, 5) is 11.2. The zero-order valence-corrected chi connectivity index (χ0v) is 17.1. The zero-order valence-electron chi connectivity index (χ0n) is 16.3. The molecule has 3 rings (SSSR count). The molecule has 0 spiro atoms. The van der Waals surface area contributed by atoms with Crippen molar-refractivity contribution in [1.29, 1.82) is 0 Å². The predicted octanol–water partition coefficient (Wildman–Crippen LogP) is 2.13. The summed E-state index contributed by atoms with van der Waals surface area (Å²) in [5, 5.41) is 10.0. The fourth-order valence-electron chi connectivity index (χ4n) is 3.18. The van der Waals surface area contributed by atoms with Gasteiger partial charge in [-0.3, -0.25) is 9.89 Å². The van der Waals surface area contributed by atoms with Gasteiger partial charge in [0.2, 0.25) is 0 Å². The SMILES string of the molecule is CN=C(NCCc1csc(C)n1)NCC(c1ccc(C)o1)N1CCOCC1. The lowest BCUT2D eigenvalue weighted by Gasteiger charge is -2.33. The van der Waals surface area contributed by atoms with Gasteiger partial charge in [0.05, 0.1) is 30.0 Å². The number of aromatic nitrogens is 1. The highest BCUT2D eigenvalue weighted by Gasteiger charge is 2.25. The van der Waals surface area contributed by atoms with Crippen molar-refractivity contribution in [3.63, 3.8) is 0 Å². The number of aliphatic imine (C=N–C) groups is 1. The summed E-state index contributed by atoms with van der Waals surface area (Å²) in [5.41, 5.74) is 1.12. The highest BCUT2D eigenvalue weighted by molar-refractivity contribution is 7.09. The minimum Gasteiger partial charge on any atom is -0.465 e. The largest absolute Gasteiger partial charge is 0.465 e. The number of nitrogens with one attached hydrogen (secondary N) is 2. The van der Waals surface area contributed by atoms with E-state index in [9.17, 15) is 0 Å². The standard InChI is InChI=1S/C19H29N5O2S/c1-14-4-5-18(26-14)17(24-8-10-25-11-9-24)12-22-19(20-3)21-7-6-16-13-27-15(2)23-16/h4-5,13,17H,6-12H2,1-3H3,(H2,20,21,22). The molecule has 1 aliphatic heterocycles. The Hall–Kier alpha value is -1.90. The maximum atomic E-state index is 5.92. The zero-order chi connectivity index (χ0) is 19.1. The van der Waals surface area contributed by atoms with Gasteiger partial charge in [-0.25, -0.2) is 4.98 Å². The Morgan fingerprint density at radius 3 is 2.74 bits per heavy atom. The summed E-state index contributed by atoms with van der Waals surface area (Å²) < 4.78 is 11.4. The van der Waals surface area contributed by atoms with E-state index in [1.807, 2.05) is 19.9 Å². The van der Waals surface area contributed by atoms with Gasteiger partial charge < -0.3 is 19.8 Å². The van der Waals surface area contributed by atoms with Crippen molar-refractivity contribution >= 4 is 17.3 Å². The van der Waals surface area contributed by atoms with E-state index >= 15 is 0 Å². The van der Waals surface area contributed by atoms with Crippen LogP contribution in [0.1, 0.15) is 28.3 Å². The lowest BCUT2D eigenvalue weighted by atomic mass is 10.1. The van der Waals surface area contributed by atoms with Gasteiger partial charge in [-0.2, -0.15) is 0 Å². The highest BCUT2D eigenvalue weighted by Crippen LogP contribution is 2.23. The van der Waals surface area contributed by atoms with E-state index in [0.29, 0.717) is 0 Å². The Kier molecular flexibility index (Phi) is 7.25. The molecule has 7 nitrogen and oxygen atoms in total. The number of ether oxygens (including phenoxy) is 1. The first kappa shape index (κ1) is 19.9. The third-order valence-electron chi connectivity index (χ3n) is 4.60. The van der Waals surface area contributed by atoms with Crippen LogP contribution >= 0.6 is 11.3 Å². The van der Waals surface area contributed by atoms with Gasteiger partial charge in [-0.05, 0) is 26.0 Å². The van der Waals surface area contributed by atoms with Crippen molar-refractivity contribution < 1.29 is 9.15 Å². The molecule has 0 bridgehead atoms. The van der Waals surface area contributed by atoms with Gasteiger partial charge in [0.25, 0.3) is 0 Å². The van der Waals surface area contributed by atoms with Crippen LogP contribution in [0.25, 0.3) is 0 Å². The highest BCUT2D eigenvalue weighted by atomic mass is 32.1. The molecular weight excluding hydrogens is 362 g/mol. The van der Waals surface area contributed by atoms with Crippen LogP contribution in [0, 0.1) is 13.8 Å². The third kappa shape index (κ3) is 5.79. The molecule has 0 saturated carbocycles. The molecule has 2 aromatic heterocycles. The number of nitrogens with zero attached hydrogens (tertiary/aromatic N) is 3. The molecule has 148 valence electrons. The van der Waals surface area contributed by atoms with Gasteiger partial charge in [-0.15, -0.1) is 11.3 Å². The molecule has 1 saturated heterocycles. The van der Waals surface area contributed by atoms with Crippen molar-refractivity contribution in [2.45, 2.75) is 26.3 Å². The number of hydrogen-bond acceptors (Lipinski definition) is 6. The second kappa shape index (κ2) is 9.87. The Balaban J connectivity index is 1.54. The van der Waals surface area contributed by atoms with Crippen molar-refractivity contribution in [3.05, 3.63) is 39.7 Å². The summed E-state index contributed by atoms with van der Waals surface area (Å²) in [5.74, 6) is 2.71. The van der Waals surface area contributed by atoms with Gasteiger partial charge >= 0.3 is 0 Å². The molecule has 2 N–H and O–H groups in total. The van der Waals surface area contributed by atoms with Crippen LogP contribution in [0.3, 0.4) is 0 Å². The van der Waals surface area contributed by atoms with Crippen molar-refractivity contribution in [3.8, 4) is 0 Å². The summed E-state index contributed by atoms with van der Waals surface area (Å²) in [7, 11) is 1.79. The Bertz CT molecular complexity index is 736. The normalized spacial score (nSPS) is 17.1. The number of morpholine rings is 1. The maximum absolute atomic E-state index is 5.92. The van der Waals surface area contributed by atoms with Gasteiger partial charge in [0.1, 0.15) is 11.5 Å². The summed E-state index contributed by atoms with van der Waals surface area (Å²) in [6.45, 7) is 8.86. The molecular formula is C19H29N5O2S. The Labute approximate surface area is 164 Å². The van der Waals surface area contributed by atoms with Crippen molar-refractivity contribution in [2.75, 3.05) is 46.4 Å². The molecule has 0 aromatic carbocycles. The van der Waals surface area contributed by atoms with E-state index < -0.39 is 0 Å². The fourth-order valence-corrected chi connectivity index (χ4v) is 3.82. The predicted molar refractivity (Wildman–Crippen MR) is 108 cm³/mol. The van der Waals surface area contributed by atoms with Crippen LogP contribution in [-0.4, -0.2) is 62.3 Å². The van der Waals surface area contributed by atoms with Crippen molar-refractivity contribution in [2.24, 2.45) is 4.99 Å². The minimum atomic E-state index is 0.155. The Morgan fingerprint density at radius 1 is 1.30 bits per heavy atom. The second-order valence-electron chi connectivity index (χ2n) is 6.60. The van der Waals surface area contributed by atoms with Gasteiger partial charge in [0.15, 0.2) is 5.96 Å². The first-order chi connectivity index (χ1) is 13.2. The van der Waals surface area contributed by atoms with E-state index in [1.165, 1.54) is 0 Å². The molecule has 3 heterocycles. The quantitative estimate of drug-likeness (QED) is 0.556. The summed E-state index contributed by atoms with van der Waals surface area (Å²) in [6, 6.07) is 4.24. The molecule has 8 heteroatoms. The first-order valence-corrected chi connectivity index (χ1v) is 10.3. The Morgan fingerprint density at radius 2 is 2.11 bits per heavy atom. The summed E-state index contributed by atoms with van der Waals surface area (Å²) >= 11 is 1.69. The van der Waals surface area contributed by atoms with Crippen LogP contribution in [0.15, 0.2) is 26.9 Å². The molecule has 27 heavy (non-hydrogen) atoms. The summed E-state index contributed by atoms with van der Waals surface area (Å²) in [6.07, 6.45) is 0.884. The third-order valence-corrected chi connectivity index (χ3v) is 5.42. The monoisotopic (exact) mass is 391 g/mol. The second-order valence-corrected chi connectivity index (χ2v) is 7.66. The van der Waals surface area contributed by atoms with E-state index in [4.69, 9.17) is 9.15 Å². The van der Waals surface area contributed by atoms with E-state index in [2.05, 4.69) is 37.0 Å².